The largest absolute Gasteiger partial charge is 0.396 e. The summed E-state index contributed by atoms with van der Waals surface area (Å²) >= 11 is 5.73. The van der Waals surface area contributed by atoms with E-state index in [2.05, 4.69) is 15.3 Å². The Bertz CT molecular complexity index is 471. The maximum atomic E-state index is 11.0. The van der Waals surface area contributed by atoms with Crippen molar-refractivity contribution in [2.75, 3.05) is 11.9 Å². The molecule has 2 rings (SSSR count). The van der Waals surface area contributed by atoms with Gasteiger partial charge in [0.15, 0.2) is 0 Å². The van der Waals surface area contributed by atoms with E-state index in [9.17, 15) is 15.2 Å². The fourth-order valence-corrected chi connectivity index (χ4v) is 2.62. The monoisotopic (exact) mass is 286 g/mol. The van der Waals surface area contributed by atoms with Gasteiger partial charge >= 0.3 is 5.69 Å². The highest BCUT2D eigenvalue weighted by Crippen LogP contribution is 2.32. The second-order valence-corrected chi connectivity index (χ2v) is 4.95. The summed E-state index contributed by atoms with van der Waals surface area (Å²) in [6.07, 6.45) is 5.04. The molecule has 1 fully saturated rings. The van der Waals surface area contributed by atoms with Crippen molar-refractivity contribution in [3.63, 3.8) is 0 Å². The first-order valence-corrected chi connectivity index (χ1v) is 6.53. The van der Waals surface area contributed by atoms with Gasteiger partial charge in [0, 0.05) is 18.6 Å². The fourth-order valence-electron chi connectivity index (χ4n) is 2.42. The lowest BCUT2D eigenvalue weighted by atomic mass is 9.85. The highest BCUT2D eigenvalue weighted by atomic mass is 35.5. The molecule has 2 N–H and O–H groups in total. The van der Waals surface area contributed by atoms with E-state index >= 15 is 0 Å². The molecule has 0 aromatic carbocycles. The first-order chi connectivity index (χ1) is 9.13. The Hall–Kier alpha value is -1.47. The molecule has 2 unspecified atom stereocenters. The minimum Gasteiger partial charge on any atom is -0.396 e. The van der Waals surface area contributed by atoms with Gasteiger partial charge in [0.05, 0.1) is 4.92 Å². The zero-order valence-corrected chi connectivity index (χ0v) is 11.0. The van der Waals surface area contributed by atoms with Crippen molar-refractivity contribution in [2.45, 2.75) is 31.7 Å². The Morgan fingerprint density at radius 1 is 1.47 bits per heavy atom. The molecule has 1 saturated carbocycles. The summed E-state index contributed by atoms with van der Waals surface area (Å²) in [6.45, 7) is 0.0598. The highest BCUT2D eigenvalue weighted by molar-refractivity contribution is 6.31. The number of rotatable bonds is 4. The van der Waals surface area contributed by atoms with Gasteiger partial charge in [-0.2, -0.15) is 0 Å². The molecule has 0 aliphatic heterocycles. The van der Waals surface area contributed by atoms with Crippen molar-refractivity contribution in [3.05, 3.63) is 21.6 Å². The van der Waals surface area contributed by atoms with Gasteiger partial charge in [0.1, 0.15) is 6.33 Å². The summed E-state index contributed by atoms with van der Waals surface area (Å²) in [5.74, 6) is 0.206. The van der Waals surface area contributed by atoms with E-state index in [1.54, 1.807) is 0 Å². The molecule has 7 nitrogen and oxygen atoms in total. The molecule has 0 saturated heterocycles. The molecule has 0 bridgehead atoms. The Balaban J connectivity index is 2.22. The standard InChI is InChI=1S/C11H15ClN4O3/c12-10-9(16(18)19)11(14-6-13-10)15-8-4-2-1-3-7(8)5-17/h6-8,17H,1-5H2,(H,13,14,15). The van der Waals surface area contributed by atoms with Gasteiger partial charge in [-0.3, -0.25) is 10.1 Å². The highest BCUT2D eigenvalue weighted by Gasteiger charge is 2.29. The van der Waals surface area contributed by atoms with Crippen LogP contribution < -0.4 is 5.32 Å². The van der Waals surface area contributed by atoms with Crippen LogP contribution in [0.4, 0.5) is 11.5 Å². The number of hydrogen-bond acceptors (Lipinski definition) is 6. The maximum absolute atomic E-state index is 11.0. The lowest BCUT2D eigenvalue weighted by molar-refractivity contribution is -0.384. The Labute approximate surface area is 115 Å². The topological polar surface area (TPSA) is 101 Å². The molecule has 0 amide bonds. The minimum absolute atomic E-state index is 0.0246. The number of aromatic nitrogens is 2. The molecule has 8 heteroatoms. The Kier molecular flexibility index (Phi) is 4.49. The first kappa shape index (κ1) is 14.0. The van der Waals surface area contributed by atoms with Crippen LogP contribution >= 0.6 is 11.6 Å². The molecule has 2 atom stereocenters. The van der Waals surface area contributed by atoms with E-state index in [-0.39, 0.29) is 35.2 Å². The molecule has 1 aliphatic rings. The van der Waals surface area contributed by atoms with Gasteiger partial charge in [-0.25, -0.2) is 9.97 Å². The third-order valence-electron chi connectivity index (χ3n) is 3.43. The van der Waals surface area contributed by atoms with Crippen molar-refractivity contribution < 1.29 is 10.0 Å². The number of aliphatic hydroxyl groups excluding tert-OH is 1. The molecule has 1 heterocycles. The van der Waals surface area contributed by atoms with Crippen molar-refractivity contribution in [1.82, 2.24) is 9.97 Å². The minimum atomic E-state index is -0.596. The van der Waals surface area contributed by atoms with Crippen LogP contribution in [0.25, 0.3) is 0 Å². The van der Waals surface area contributed by atoms with E-state index in [1.165, 1.54) is 6.33 Å². The zero-order valence-electron chi connectivity index (χ0n) is 10.3. The molecule has 1 aliphatic carbocycles. The van der Waals surface area contributed by atoms with Crippen molar-refractivity contribution in [2.24, 2.45) is 5.92 Å². The van der Waals surface area contributed by atoms with E-state index in [0.29, 0.717) is 0 Å². The number of anilines is 1. The van der Waals surface area contributed by atoms with Crippen LogP contribution in [0.1, 0.15) is 25.7 Å². The summed E-state index contributed by atoms with van der Waals surface area (Å²) < 4.78 is 0. The van der Waals surface area contributed by atoms with E-state index in [1.807, 2.05) is 0 Å². The molecule has 0 radical (unpaired) electrons. The molecule has 104 valence electrons. The van der Waals surface area contributed by atoms with Crippen LogP contribution in [0.15, 0.2) is 6.33 Å². The van der Waals surface area contributed by atoms with Gasteiger partial charge in [-0.1, -0.05) is 24.4 Å². The van der Waals surface area contributed by atoms with Gasteiger partial charge in [0.2, 0.25) is 11.0 Å². The lowest BCUT2D eigenvalue weighted by Gasteiger charge is -2.31. The molecule has 0 spiro atoms. The number of hydrogen-bond donors (Lipinski definition) is 2. The summed E-state index contributed by atoms with van der Waals surface area (Å²) in [5, 5.41) is 23.2. The molecular weight excluding hydrogens is 272 g/mol. The zero-order chi connectivity index (χ0) is 13.8. The number of aliphatic hydroxyl groups is 1. The predicted octanol–water partition coefficient (Wildman–Crippen LogP) is 2.00. The lowest BCUT2D eigenvalue weighted by Crippen LogP contribution is -2.34. The SMILES string of the molecule is O=[N+]([O-])c1c(Cl)ncnc1NC1CCCCC1CO. The average Bonchev–Trinajstić information content (AvgIpc) is 2.39. The van der Waals surface area contributed by atoms with Gasteiger partial charge in [0.25, 0.3) is 0 Å². The summed E-state index contributed by atoms with van der Waals surface area (Å²) in [5.41, 5.74) is -0.313. The van der Waals surface area contributed by atoms with E-state index in [4.69, 9.17) is 11.6 Å². The number of nitro groups is 1. The molecule has 1 aromatic heterocycles. The van der Waals surface area contributed by atoms with Crippen LogP contribution in [0.3, 0.4) is 0 Å². The molecular formula is C11H15ClN4O3. The van der Waals surface area contributed by atoms with Gasteiger partial charge in [-0.15, -0.1) is 0 Å². The fraction of sp³-hybridized carbons (Fsp3) is 0.636. The molecule has 19 heavy (non-hydrogen) atoms. The smallest absolute Gasteiger partial charge is 0.348 e. The summed E-state index contributed by atoms with van der Waals surface area (Å²) in [6, 6.07) is -0.0246. The predicted molar refractivity (Wildman–Crippen MR) is 70.2 cm³/mol. The third-order valence-corrected chi connectivity index (χ3v) is 3.70. The van der Waals surface area contributed by atoms with Crippen LogP contribution in [-0.4, -0.2) is 32.6 Å². The van der Waals surface area contributed by atoms with Crippen molar-refractivity contribution in [1.29, 1.82) is 0 Å². The van der Waals surface area contributed by atoms with Crippen molar-refractivity contribution in [3.8, 4) is 0 Å². The Morgan fingerprint density at radius 3 is 2.89 bits per heavy atom. The summed E-state index contributed by atoms with van der Waals surface area (Å²) in [7, 11) is 0. The van der Waals surface area contributed by atoms with Crippen molar-refractivity contribution >= 4 is 23.1 Å². The van der Waals surface area contributed by atoms with Gasteiger partial charge < -0.3 is 10.4 Å². The maximum Gasteiger partial charge on any atom is 0.348 e. The summed E-state index contributed by atoms with van der Waals surface area (Å²) in [4.78, 5) is 17.9. The van der Waals surface area contributed by atoms with Crippen LogP contribution in [0.5, 0.6) is 0 Å². The molecule has 1 aromatic rings. The quantitative estimate of drug-likeness (QED) is 0.499. The van der Waals surface area contributed by atoms with E-state index in [0.717, 1.165) is 25.7 Å². The van der Waals surface area contributed by atoms with E-state index < -0.39 is 4.92 Å². The first-order valence-electron chi connectivity index (χ1n) is 6.15. The van der Waals surface area contributed by atoms with Gasteiger partial charge in [-0.05, 0) is 12.8 Å². The average molecular weight is 287 g/mol. The third kappa shape index (κ3) is 3.10. The number of nitrogens with zero attached hydrogens (tertiary/aromatic N) is 3. The number of halogens is 1. The number of nitrogens with one attached hydrogen (secondary N) is 1. The second kappa shape index (κ2) is 6.12. The van der Waals surface area contributed by atoms with Crippen LogP contribution in [0, 0.1) is 16.0 Å². The Morgan fingerprint density at radius 2 is 2.21 bits per heavy atom. The van der Waals surface area contributed by atoms with Crippen LogP contribution in [0.2, 0.25) is 5.15 Å². The van der Waals surface area contributed by atoms with Crippen LogP contribution in [-0.2, 0) is 0 Å². The second-order valence-electron chi connectivity index (χ2n) is 4.60. The normalized spacial score (nSPS) is 23.1.